The van der Waals surface area contributed by atoms with Gasteiger partial charge in [-0.15, -0.1) is 5.73 Å². The van der Waals surface area contributed by atoms with Crippen LogP contribution in [0.4, 0.5) is 0 Å². The average molecular weight is 210 g/mol. The molecule has 0 N–H and O–H groups in total. The number of rotatable bonds is 4. The summed E-state index contributed by atoms with van der Waals surface area (Å²) in [5, 5.41) is 0. The SMILES string of the molecule is CN(CC1=C=CCC=C1)CC1=CC=CC=[C+]1. The van der Waals surface area contributed by atoms with Crippen LogP contribution in [0.3, 0.4) is 0 Å². The predicted octanol–water partition coefficient (Wildman–Crippen LogP) is 2.82. The summed E-state index contributed by atoms with van der Waals surface area (Å²) in [5.74, 6) is 0. The molecule has 0 atom stereocenters. The first-order chi connectivity index (χ1) is 7.84. The van der Waals surface area contributed by atoms with Crippen LogP contribution in [0.5, 0.6) is 0 Å². The zero-order valence-electron chi connectivity index (χ0n) is 9.61. The quantitative estimate of drug-likeness (QED) is 0.509. The first-order valence-electron chi connectivity index (χ1n) is 5.59. The minimum atomic E-state index is 0.930. The summed E-state index contributed by atoms with van der Waals surface area (Å²) in [7, 11) is 2.12. The Hall–Kier alpha value is -1.65. The van der Waals surface area contributed by atoms with Gasteiger partial charge in [0.15, 0.2) is 0 Å². The summed E-state index contributed by atoms with van der Waals surface area (Å²) >= 11 is 0. The van der Waals surface area contributed by atoms with E-state index in [1.165, 1.54) is 11.1 Å². The smallest absolute Gasteiger partial charge is 0.130 e. The molecular weight excluding hydrogens is 194 g/mol. The maximum absolute atomic E-state index is 3.29. The highest BCUT2D eigenvalue weighted by Gasteiger charge is 2.08. The third-order valence-electron chi connectivity index (χ3n) is 2.51. The van der Waals surface area contributed by atoms with Gasteiger partial charge in [-0.1, -0.05) is 12.2 Å². The first-order valence-corrected chi connectivity index (χ1v) is 5.59. The van der Waals surface area contributed by atoms with Crippen LogP contribution in [0.1, 0.15) is 6.42 Å². The Morgan fingerprint density at radius 1 is 1.38 bits per heavy atom. The molecule has 0 radical (unpaired) electrons. The van der Waals surface area contributed by atoms with E-state index in [1.54, 1.807) is 0 Å². The lowest BCUT2D eigenvalue weighted by molar-refractivity contribution is 0.399. The number of hydrogen-bond donors (Lipinski definition) is 0. The maximum atomic E-state index is 3.29. The highest BCUT2D eigenvalue weighted by molar-refractivity contribution is 5.30. The monoisotopic (exact) mass is 210 g/mol. The summed E-state index contributed by atoms with van der Waals surface area (Å²) in [5.41, 5.74) is 5.77. The lowest BCUT2D eigenvalue weighted by Crippen LogP contribution is -2.23. The fraction of sp³-hybridized carbons (Fsp3) is 0.267. The topological polar surface area (TPSA) is 3.24 Å². The molecule has 80 valence electrons. The van der Waals surface area contributed by atoms with Crippen LogP contribution in [0.2, 0.25) is 0 Å². The Kier molecular flexibility index (Phi) is 3.69. The summed E-state index contributed by atoms with van der Waals surface area (Å²) in [6, 6.07) is 0. The molecule has 16 heavy (non-hydrogen) atoms. The molecule has 1 nitrogen and oxygen atoms in total. The van der Waals surface area contributed by atoms with Crippen molar-refractivity contribution in [1.29, 1.82) is 0 Å². The average Bonchev–Trinajstić information content (AvgIpc) is 2.31. The van der Waals surface area contributed by atoms with Crippen molar-refractivity contribution in [2.24, 2.45) is 0 Å². The van der Waals surface area contributed by atoms with Gasteiger partial charge in [0.05, 0.1) is 12.6 Å². The number of allylic oxidation sites excluding steroid dienone is 5. The number of hydrogen-bond acceptors (Lipinski definition) is 1. The summed E-state index contributed by atoms with van der Waals surface area (Å²) in [4.78, 5) is 2.28. The largest absolute Gasteiger partial charge is 0.294 e. The summed E-state index contributed by atoms with van der Waals surface area (Å²) in [6.07, 6.45) is 18.8. The molecule has 0 spiro atoms. The molecule has 0 saturated heterocycles. The van der Waals surface area contributed by atoms with E-state index < -0.39 is 0 Å². The molecule has 0 unspecified atom stereocenters. The molecule has 2 rings (SSSR count). The van der Waals surface area contributed by atoms with Gasteiger partial charge in [-0.3, -0.25) is 4.90 Å². The first kappa shape index (κ1) is 10.9. The third kappa shape index (κ3) is 3.18. The highest BCUT2D eigenvalue weighted by atomic mass is 15.1. The maximum Gasteiger partial charge on any atom is 0.130 e. The Morgan fingerprint density at radius 2 is 2.31 bits per heavy atom. The standard InChI is InChI=1S/C15H16N/c1-16(12-14-8-4-2-5-9-14)13-15-10-6-3-7-11-15/h2,4-8,10H,3,12-13H2,1H3/q+1. The second-order valence-corrected chi connectivity index (χ2v) is 4.07. The molecular formula is C15H16N+. The van der Waals surface area contributed by atoms with Crippen molar-refractivity contribution in [1.82, 2.24) is 4.90 Å². The second-order valence-electron chi connectivity index (χ2n) is 4.07. The van der Waals surface area contributed by atoms with Crippen LogP contribution in [-0.2, 0) is 0 Å². The van der Waals surface area contributed by atoms with Gasteiger partial charge in [-0.05, 0) is 19.5 Å². The van der Waals surface area contributed by atoms with Crippen molar-refractivity contribution in [2.75, 3.05) is 20.1 Å². The van der Waals surface area contributed by atoms with Crippen molar-refractivity contribution in [3.05, 3.63) is 65.5 Å². The van der Waals surface area contributed by atoms with Gasteiger partial charge in [0.2, 0.25) is 0 Å². The van der Waals surface area contributed by atoms with Crippen LogP contribution in [-0.4, -0.2) is 25.0 Å². The lowest BCUT2D eigenvalue weighted by Gasteiger charge is -2.15. The van der Waals surface area contributed by atoms with Crippen LogP contribution >= 0.6 is 0 Å². The Balaban J connectivity index is 1.89. The van der Waals surface area contributed by atoms with Gasteiger partial charge in [0.25, 0.3) is 0 Å². The number of nitrogens with zero attached hydrogens (tertiary/aromatic N) is 1. The molecule has 1 heteroatoms. The normalized spacial score (nSPS) is 17.4. The van der Waals surface area contributed by atoms with E-state index >= 15 is 0 Å². The van der Waals surface area contributed by atoms with Crippen LogP contribution < -0.4 is 0 Å². The van der Waals surface area contributed by atoms with Crippen molar-refractivity contribution >= 4 is 0 Å². The van der Waals surface area contributed by atoms with E-state index in [-0.39, 0.29) is 0 Å². The van der Waals surface area contributed by atoms with E-state index in [9.17, 15) is 0 Å². The molecule has 0 aliphatic heterocycles. The summed E-state index contributed by atoms with van der Waals surface area (Å²) < 4.78 is 0. The van der Waals surface area contributed by atoms with Crippen molar-refractivity contribution in [3.8, 4) is 0 Å². The van der Waals surface area contributed by atoms with E-state index in [4.69, 9.17) is 0 Å². The third-order valence-corrected chi connectivity index (χ3v) is 2.51. The van der Waals surface area contributed by atoms with Gasteiger partial charge >= 0.3 is 0 Å². The van der Waals surface area contributed by atoms with Gasteiger partial charge in [0.1, 0.15) is 11.6 Å². The zero-order chi connectivity index (χ0) is 11.2. The second kappa shape index (κ2) is 5.44. The Labute approximate surface area is 97.5 Å². The fourth-order valence-electron chi connectivity index (χ4n) is 1.78. The molecule has 0 amide bonds. The number of likely N-dealkylation sites (N-methyl/N-ethyl adjacent to an activating group) is 1. The van der Waals surface area contributed by atoms with E-state index in [0.717, 1.165) is 19.5 Å². The minimum Gasteiger partial charge on any atom is -0.294 e. The van der Waals surface area contributed by atoms with Crippen LogP contribution in [0.25, 0.3) is 0 Å². The minimum absolute atomic E-state index is 0.930. The van der Waals surface area contributed by atoms with Crippen molar-refractivity contribution in [2.45, 2.75) is 6.42 Å². The van der Waals surface area contributed by atoms with Gasteiger partial charge < -0.3 is 0 Å². The van der Waals surface area contributed by atoms with Crippen LogP contribution in [0.15, 0.2) is 59.4 Å². The van der Waals surface area contributed by atoms with Gasteiger partial charge in [-0.25, -0.2) is 0 Å². The van der Waals surface area contributed by atoms with Crippen molar-refractivity contribution in [3.63, 3.8) is 0 Å². The van der Waals surface area contributed by atoms with Crippen LogP contribution in [0, 0.1) is 6.08 Å². The molecule has 0 saturated carbocycles. The molecule has 0 aromatic carbocycles. The van der Waals surface area contributed by atoms with E-state index in [2.05, 4.69) is 54.1 Å². The predicted molar refractivity (Wildman–Crippen MR) is 67.9 cm³/mol. The molecule has 0 aromatic rings. The molecule has 2 aliphatic rings. The molecule has 2 aliphatic carbocycles. The summed E-state index contributed by atoms with van der Waals surface area (Å²) in [6.45, 7) is 1.87. The van der Waals surface area contributed by atoms with E-state index in [0.29, 0.717) is 0 Å². The molecule has 0 aromatic heterocycles. The van der Waals surface area contributed by atoms with Gasteiger partial charge in [-0.2, -0.15) is 0 Å². The Bertz CT molecular complexity index is 426. The zero-order valence-corrected chi connectivity index (χ0v) is 9.61. The van der Waals surface area contributed by atoms with E-state index in [1.807, 2.05) is 12.2 Å². The molecule has 0 heterocycles. The van der Waals surface area contributed by atoms with Gasteiger partial charge in [0, 0.05) is 30.3 Å². The molecule has 0 fully saturated rings. The fourth-order valence-corrected chi connectivity index (χ4v) is 1.78. The highest BCUT2D eigenvalue weighted by Crippen LogP contribution is 2.08. The van der Waals surface area contributed by atoms with Crippen molar-refractivity contribution < 1.29 is 0 Å². The lowest BCUT2D eigenvalue weighted by atomic mass is 10.1. The molecule has 0 bridgehead atoms. The Morgan fingerprint density at radius 3 is 3.00 bits per heavy atom.